The molecule has 2 saturated heterocycles. The molecule has 1 unspecified atom stereocenters. The molecule has 32 heavy (non-hydrogen) atoms. The zero-order valence-electron chi connectivity index (χ0n) is 18.3. The number of methoxy groups -OCH3 is 1. The van der Waals surface area contributed by atoms with E-state index in [2.05, 4.69) is 16.3 Å². The Balaban J connectivity index is 1.23. The van der Waals surface area contributed by atoms with Gasteiger partial charge in [0.15, 0.2) is 0 Å². The van der Waals surface area contributed by atoms with Crippen molar-refractivity contribution in [3.05, 3.63) is 59.9 Å². The predicted octanol–water partition coefficient (Wildman–Crippen LogP) is 2.83. The number of piperazine rings is 1. The Morgan fingerprint density at radius 1 is 1.00 bits per heavy atom. The summed E-state index contributed by atoms with van der Waals surface area (Å²) in [4.78, 5) is 30.8. The normalized spacial score (nSPS) is 18.6. The van der Waals surface area contributed by atoms with Gasteiger partial charge in [0.1, 0.15) is 11.6 Å². The van der Waals surface area contributed by atoms with Gasteiger partial charge >= 0.3 is 6.03 Å². The van der Waals surface area contributed by atoms with E-state index in [1.54, 1.807) is 29.0 Å². The summed E-state index contributed by atoms with van der Waals surface area (Å²) >= 11 is 0. The summed E-state index contributed by atoms with van der Waals surface area (Å²) in [6.07, 6.45) is 1.00. The van der Waals surface area contributed by atoms with Crippen LogP contribution in [0.4, 0.5) is 14.9 Å². The van der Waals surface area contributed by atoms with Crippen molar-refractivity contribution < 1.29 is 18.7 Å². The summed E-state index contributed by atoms with van der Waals surface area (Å²) in [7, 11) is 1.68. The van der Waals surface area contributed by atoms with E-state index in [0.29, 0.717) is 38.6 Å². The number of nitrogens with one attached hydrogen (secondary N) is 1. The number of rotatable bonds is 5. The Morgan fingerprint density at radius 3 is 2.44 bits per heavy atom. The van der Waals surface area contributed by atoms with Crippen LogP contribution in [0.25, 0.3) is 0 Å². The Hall–Kier alpha value is -3.29. The maximum absolute atomic E-state index is 13.9. The number of hydrogen-bond donors (Lipinski definition) is 1. The number of hydrogen-bond acceptors (Lipinski definition) is 4. The third-order valence-corrected chi connectivity index (χ3v) is 6.21. The largest absolute Gasteiger partial charge is 0.495 e. The van der Waals surface area contributed by atoms with Crippen LogP contribution in [-0.4, -0.2) is 74.7 Å². The molecular weight excluding hydrogens is 411 g/mol. The SMILES string of the molecule is COc1ccccc1N1CCC(CNC(=O)N2CCN(C(=O)c3ccccc3F)CC2)C1. The van der Waals surface area contributed by atoms with E-state index in [4.69, 9.17) is 4.74 Å². The van der Waals surface area contributed by atoms with Gasteiger partial charge in [-0.05, 0) is 36.6 Å². The molecule has 0 bridgehead atoms. The minimum atomic E-state index is -0.517. The Bertz CT molecular complexity index is 962. The van der Waals surface area contributed by atoms with Gasteiger partial charge in [-0.1, -0.05) is 24.3 Å². The molecule has 2 aliphatic rings. The molecule has 0 radical (unpaired) electrons. The predicted molar refractivity (Wildman–Crippen MR) is 121 cm³/mol. The quantitative estimate of drug-likeness (QED) is 0.777. The highest BCUT2D eigenvalue weighted by Gasteiger charge is 2.28. The van der Waals surface area contributed by atoms with Gasteiger partial charge in [0.2, 0.25) is 0 Å². The van der Waals surface area contributed by atoms with E-state index in [0.717, 1.165) is 30.9 Å². The third kappa shape index (κ3) is 4.79. The number of ether oxygens (including phenoxy) is 1. The fraction of sp³-hybridized carbons (Fsp3) is 0.417. The van der Waals surface area contributed by atoms with Crippen molar-refractivity contribution in [1.29, 1.82) is 0 Å². The summed E-state index contributed by atoms with van der Waals surface area (Å²) < 4.78 is 19.4. The number of carbonyl (C=O) groups excluding carboxylic acids is 2. The lowest BCUT2D eigenvalue weighted by atomic mass is 10.1. The van der Waals surface area contributed by atoms with Gasteiger partial charge in [-0.2, -0.15) is 0 Å². The van der Waals surface area contributed by atoms with Crippen molar-refractivity contribution in [1.82, 2.24) is 15.1 Å². The van der Waals surface area contributed by atoms with Crippen molar-refractivity contribution >= 4 is 17.6 Å². The Kier molecular flexibility index (Phi) is 6.78. The number of para-hydroxylation sites is 2. The molecule has 2 aromatic rings. The van der Waals surface area contributed by atoms with Crippen molar-refractivity contribution in [2.24, 2.45) is 5.92 Å². The lowest BCUT2D eigenvalue weighted by molar-refractivity contribution is 0.0660. The highest BCUT2D eigenvalue weighted by atomic mass is 19.1. The first kappa shape index (κ1) is 21.9. The number of nitrogens with zero attached hydrogens (tertiary/aromatic N) is 3. The van der Waals surface area contributed by atoms with Gasteiger partial charge in [0.25, 0.3) is 5.91 Å². The molecule has 2 fully saturated rings. The van der Waals surface area contributed by atoms with E-state index in [1.165, 1.54) is 12.1 Å². The highest BCUT2D eigenvalue weighted by Crippen LogP contribution is 2.31. The van der Waals surface area contributed by atoms with Gasteiger partial charge < -0.3 is 24.8 Å². The first-order chi connectivity index (χ1) is 15.6. The number of amides is 3. The average molecular weight is 441 g/mol. The molecule has 1 atom stereocenters. The van der Waals surface area contributed by atoms with Crippen LogP contribution < -0.4 is 15.0 Å². The van der Waals surface area contributed by atoms with Crippen LogP contribution in [0, 0.1) is 11.7 Å². The zero-order chi connectivity index (χ0) is 22.5. The van der Waals surface area contributed by atoms with Gasteiger partial charge in [0.05, 0.1) is 18.4 Å². The molecule has 2 aromatic carbocycles. The molecule has 0 aliphatic carbocycles. The van der Waals surface area contributed by atoms with E-state index in [-0.39, 0.29) is 17.5 Å². The molecule has 2 aliphatic heterocycles. The molecule has 8 heteroatoms. The van der Waals surface area contributed by atoms with Crippen LogP contribution in [0.5, 0.6) is 5.75 Å². The van der Waals surface area contributed by atoms with Crippen molar-refractivity contribution in [2.75, 3.05) is 57.8 Å². The van der Waals surface area contributed by atoms with Crippen LogP contribution in [0.3, 0.4) is 0 Å². The number of halogens is 1. The smallest absolute Gasteiger partial charge is 0.317 e. The molecule has 170 valence electrons. The summed E-state index contributed by atoms with van der Waals surface area (Å²) in [6.45, 7) is 4.06. The van der Waals surface area contributed by atoms with Crippen LogP contribution >= 0.6 is 0 Å². The number of anilines is 1. The van der Waals surface area contributed by atoms with Gasteiger partial charge in [-0.15, -0.1) is 0 Å². The maximum atomic E-state index is 13.9. The molecule has 2 heterocycles. The minimum absolute atomic E-state index is 0.0752. The number of urea groups is 1. The van der Waals surface area contributed by atoms with Crippen molar-refractivity contribution in [3.63, 3.8) is 0 Å². The van der Waals surface area contributed by atoms with E-state index in [9.17, 15) is 14.0 Å². The standard InChI is InChI=1S/C24H29FN4O3/c1-32-22-9-5-4-8-21(22)29-11-10-18(17-29)16-26-24(31)28-14-12-27(13-15-28)23(30)19-6-2-3-7-20(19)25/h2-9,18H,10-17H2,1H3,(H,26,31). The van der Waals surface area contributed by atoms with Crippen LogP contribution in [0.2, 0.25) is 0 Å². The second-order valence-electron chi connectivity index (χ2n) is 8.22. The number of carbonyl (C=O) groups is 2. The minimum Gasteiger partial charge on any atom is -0.495 e. The first-order valence-electron chi connectivity index (χ1n) is 11.0. The third-order valence-electron chi connectivity index (χ3n) is 6.21. The fourth-order valence-electron chi connectivity index (χ4n) is 4.37. The van der Waals surface area contributed by atoms with Gasteiger partial charge in [-0.25, -0.2) is 9.18 Å². The van der Waals surface area contributed by atoms with E-state index in [1.807, 2.05) is 18.2 Å². The summed E-state index contributed by atoms with van der Waals surface area (Å²) in [5.74, 6) is 0.384. The Labute approximate surface area is 187 Å². The molecule has 3 amide bonds. The average Bonchev–Trinajstić information content (AvgIpc) is 3.31. The maximum Gasteiger partial charge on any atom is 0.317 e. The first-order valence-corrected chi connectivity index (χ1v) is 11.0. The molecule has 7 nitrogen and oxygen atoms in total. The highest BCUT2D eigenvalue weighted by molar-refractivity contribution is 5.94. The second kappa shape index (κ2) is 9.89. The van der Waals surface area contributed by atoms with Crippen molar-refractivity contribution in [3.8, 4) is 5.75 Å². The zero-order valence-corrected chi connectivity index (χ0v) is 18.3. The lowest BCUT2D eigenvalue weighted by Crippen LogP contribution is -2.53. The van der Waals surface area contributed by atoms with Gasteiger partial charge in [-0.3, -0.25) is 4.79 Å². The molecule has 4 rings (SSSR count). The Morgan fingerprint density at radius 2 is 1.69 bits per heavy atom. The summed E-state index contributed by atoms with van der Waals surface area (Å²) in [5, 5.41) is 3.05. The molecule has 1 N–H and O–H groups in total. The van der Waals surface area contributed by atoms with Crippen molar-refractivity contribution in [2.45, 2.75) is 6.42 Å². The lowest BCUT2D eigenvalue weighted by Gasteiger charge is -2.35. The van der Waals surface area contributed by atoms with Crippen LogP contribution in [0.1, 0.15) is 16.8 Å². The van der Waals surface area contributed by atoms with E-state index >= 15 is 0 Å². The van der Waals surface area contributed by atoms with E-state index < -0.39 is 5.82 Å². The van der Waals surface area contributed by atoms with Gasteiger partial charge in [0, 0.05) is 45.8 Å². The topological polar surface area (TPSA) is 65.1 Å². The number of benzene rings is 2. The monoisotopic (exact) mass is 440 g/mol. The second-order valence-corrected chi connectivity index (χ2v) is 8.22. The molecule has 0 saturated carbocycles. The molecular formula is C24H29FN4O3. The van der Waals surface area contributed by atoms with Crippen LogP contribution in [-0.2, 0) is 0 Å². The molecule has 0 aromatic heterocycles. The molecule has 0 spiro atoms. The van der Waals surface area contributed by atoms with Crippen LogP contribution in [0.15, 0.2) is 48.5 Å². The fourth-order valence-corrected chi connectivity index (χ4v) is 4.37. The summed E-state index contributed by atoms with van der Waals surface area (Å²) in [6, 6.07) is 13.9. The summed E-state index contributed by atoms with van der Waals surface area (Å²) in [5.41, 5.74) is 1.16.